The maximum atomic E-state index is 5.77. The Bertz CT molecular complexity index is 357. The molecule has 0 aliphatic carbocycles. The molecule has 0 aliphatic rings. The van der Waals surface area contributed by atoms with Gasteiger partial charge in [0.15, 0.2) is 0 Å². The molecule has 0 radical (unpaired) electrons. The van der Waals surface area contributed by atoms with Gasteiger partial charge in [0, 0.05) is 18.4 Å². The maximum Gasteiger partial charge on any atom is 0.141 e. The smallest absolute Gasteiger partial charge is 0.141 e. The normalized spacial score (nSPS) is 11.2. The highest BCUT2D eigenvalue weighted by atomic mass is 16.5. The predicted octanol–water partition coefficient (Wildman–Crippen LogP) is 1.19. The van der Waals surface area contributed by atoms with E-state index in [0.29, 0.717) is 18.0 Å². The Kier molecular flexibility index (Phi) is 3.85. The molecule has 0 bridgehead atoms. The molecular formula is C11H17N3O. The van der Waals surface area contributed by atoms with Gasteiger partial charge in [0.05, 0.1) is 12.8 Å². The molecule has 0 aliphatic heterocycles. The van der Waals surface area contributed by atoms with Crippen molar-refractivity contribution in [2.24, 2.45) is 5.73 Å². The second kappa shape index (κ2) is 5.14. The van der Waals surface area contributed by atoms with Crippen LogP contribution in [0.4, 0.5) is 5.69 Å². The largest absolute Gasteiger partial charge is 0.495 e. The highest BCUT2D eigenvalue weighted by molar-refractivity contribution is 5.54. The Labute approximate surface area is 89.9 Å². The molecule has 0 amide bonds. The molecule has 0 aromatic heterocycles. The Morgan fingerprint density at radius 2 is 2.27 bits per heavy atom. The summed E-state index contributed by atoms with van der Waals surface area (Å²) in [4.78, 5) is 0. The SMILES string of the molecule is COc1ccc(CN/C=C(/C)N)cc1N. The van der Waals surface area contributed by atoms with Gasteiger partial charge in [-0.15, -0.1) is 0 Å². The second-order valence-corrected chi connectivity index (χ2v) is 3.35. The van der Waals surface area contributed by atoms with Crippen molar-refractivity contribution in [3.05, 3.63) is 35.7 Å². The van der Waals surface area contributed by atoms with Crippen LogP contribution < -0.4 is 21.5 Å². The monoisotopic (exact) mass is 207 g/mol. The van der Waals surface area contributed by atoms with E-state index < -0.39 is 0 Å². The van der Waals surface area contributed by atoms with E-state index in [9.17, 15) is 0 Å². The minimum atomic E-state index is 0.644. The lowest BCUT2D eigenvalue weighted by molar-refractivity contribution is 0.417. The number of nitrogen functional groups attached to an aromatic ring is 1. The summed E-state index contributed by atoms with van der Waals surface area (Å²) in [6.45, 7) is 2.53. The second-order valence-electron chi connectivity index (χ2n) is 3.35. The van der Waals surface area contributed by atoms with Crippen LogP contribution in [0.2, 0.25) is 0 Å². The van der Waals surface area contributed by atoms with Crippen molar-refractivity contribution in [2.45, 2.75) is 13.5 Å². The first-order valence-corrected chi connectivity index (χ1v) is 4.71. The van der Waals surface area contributed by atoms with Gasteiger partial charge in [-0.1, -0.05) is 6.07 Å². The third-order valence-electron chi connectivity index (χ3n) is 1.93. The highest BCUT2D eigenvalue weighted by Crippen LogP contribution is 2.21. The number of rotatable bonds is 4. The Hall–Kier alpha value is -1.84. The third-order valence-corrected chi connectivity index (χ3v) is 1.93. The number of nitrogens with two attached hydrogens (primary N) is 2. The molecule has 0 spiro atoms. The van der Waals surface area contributed by atoms with E-state index in [1.54, 1.807) is 13.3 Å². The number of hydrogen-bond donors (Lipinski definition) is 3. The van der Waals surface area contributed by atoms with Gasteiger partial charge in [-0.05, 0) is 24.6 Å². The first kappa shape index (κ1) is 11.2. The van der Waals surface area contributed by atoms with Crippen molar-refractivity contribution in [1.29, 1.82) is 0 Å². The van der Waals surface area contributed by atoms with Crippen molar-refractivity contribution >= 4 is 5.69 Å². The third kappa shape index (κ3) is 3.42. The number of benzene rings is 1. The lowest BCUT2D eigenvalue weighted by atomic mass is 10.2. The lowest BCUT2D eigenvalue weighted by Gasteiger charge is -2.07. The van der Waals surface area contributed by atoms with Crippen molar-refractivity contribution in [3.8, 4) is 5.75 Å². The number of anilines is 1. The number of nitrogens with one attached hydrogen (secondary N) is 1. The van der Waals surface area contributed by atoms with E-state index in [2.05, 4.69) is 5.32 Å². The van der Waals surface area contributed by atoms with Crippen LogP contribution in [0.5, 0.6) is 5.75 Å². The Balaban J connectivity index is 2.63. The van der Waals surface area contributed by atoms with Gasteiger partial charge in [-0.3, -0.25) is 0 Å². The molecule has 5 N–H and O–H groups in total. The summed E-state index contributed by atoms with van der Waals surface area (Å²) in [7, 11) is 1.60. The highest BCUT2D eigenvalue weighted by Gasteiger charge is 1.99. The standard InChI is InChI=1S/C11H17N3O/c1-8(12)6-14-7-9-3-4-11(15-2)10(13)5-9/h3-6,14H,7,12-13H2,1-2H3/b8-6-. The van der Waals surface area contributed by atoms with Crippen LogP contribution >= 0.6 is 0 Å². The average Bonchev–Trinajstić information content (AvgIpc) is 2.17. The number of hydrogen-bond acceptors (Lipinski definition) is 4. The fraction of sp³-hybridized carbons (Fsp3) is 0.273. The van der Waals surface area contributed by atoms with Crippen molar-refractivity contribution in [1.82, 2.24) is 5.32 Å². The van der Waals surface area contributed by atoms with Gasteiger partial charge in [-0.2, -0.15) is 0 Å². The van der Waals surface area contributed by atoms with Crippen molar-refractivity contribution in [3.63, 3.8) is 0 Å². The summed E-state index contributed by atoms with van der Waals surface area (Å²) in [6.07, 6.45) is 1.76. The van der Waals surface area contributed by atoms with Gasteiger partial charge in [0.1, 0.15) is 5.75 Å². The predicted molar refractivity (Wildman–Crippen MR) is 62.2 cm³/mol. The van der Waals surface area contributed by atoms with Crippen LogP contribution in [0.15, 0.2) is 30.1 Å². The lowest BCUT2D eigenvalue weighted by Crippen LogP contribution is -2.08. The van der Waals surface area contributed by atoms with E-state index in [-0.39, 0.29) is 0 Å². The van der Waals surface area contributed by atoms with Crippen molar-refractivity contribution in [2.75, 3.05) is 12.8 Å². The van der Waals surface area contributed by atoms with Gasteiger partial charge in [0.25, 0.3) is 0 Å². The summed E-state index contributed by atoms with van der Waals surface area (Å²) in [5.41, 5.74) is 13.7. The van der Waals surface area contributed by atoms with E-state index in [1.807, 2.05) is 25.1 Å². The molecule has 0 saturated carbocycles. The molecule has 1 rings (SSSR count). The molecule has 0 atom stereocenters. The molecular weight excluding hydrogens is 190 g/mol. The minimum Gasteiger partial charge on any atom is -0.495 e. The fourth-order valence-electron chi connectivity index (χ4n) is 1.22. The molecule has 15 heavy (non-hydrogen) atoms. The van der Waals surface area contributed by atoms with E-state index in [0.717, 1.165) is 11.3 Å². The first-order chi connectivity index (χ1) is 7.13. The quantitative estimate of drug-likeness (QED) is 0.648. The molecule has 0 saturated heterocycles. The Morgan fingerprint density at radius 1 is 1.53 bits per heavy atom. The minimum absolute atomic E-state index is 0.644. The molecule has 82 valence electrons. The van der Waals surface area contributed by atoms with Gasteiger partial charge < -0.3 is 21.5 Å². The van der Waals surface area contributed by atoms with Gasteiger partial charge in [0.2, 0.25) is 0 Å². The zero-order valence-corrected chi connectivity index (χ0v) is 9.08. The molecule has 1 aromatic rings. The van der Waals surface area contributed by atoms with Crippen LogP contribution in [0.25, 0.3) is 0 Å². The average molecular weight is 207 g/mol. The van der Waals surface area contributed by atoms with Gasteiger partial charge in [-0.25, -0.2) is 0 Å². The zero-order valence-electron chi connectivity index (χ0n) is 9.08. The number of ether oxygens (including phenoxy) is 1. The maximum absolute atomic E-state index is 5.77. The van der Waals surface area contributed by atoms with Crippen LogP contribution in [-0.4, -0.2) is 7.11 Å². The number of allylic oxidation sites excluding steroid dienone is 1. The number of methoxy groups -OCH3 is 1. The molecule has 0 heterocycles. The van der Waals surface area contributed by atoms with Crippen LogP contribution in [0.3, 0.4) is 0 Å². The van der Waals surface area contributed by atoms with Crippen LogP contribution in [0, 0.1) is 0 Å². The first-order valence-electron chi connectivity index (χ1n) is 4.71. The topological polar surface area (TPSA) is 73.3 Å². The molecule has 4 heteroatoms. The summed E-state index contributed by atoms with van der Waals surface area (Å²) in [5.74, 6) is 0.698. The van der Waals surface area contributed by atoms with Crippen LogP contribution in [-0.2, 0) is 6.54 Å². The summed E-state index contributed by atoms with van der Waals surface area (Å²) in [6, 6.07) is 5.69. The van der Waals surface area contributed by atoms with Gasteiger partial charge >= 0.3 is 0 Å². The fourth-order valence-corrected chi connectivity index (χ4v) is 1.22. The zero-order chi connectivity index (χ0) is 11.3. The Morgan fingerprint density at radius 3 is 2.80 bits per heavy atom. The summed E-state index contributed by atoms with van der Waals surface area (Å²) >= 11 is 0. The summed E-state index contributed by atoms with van der Waals surface area (Å²) < 4.78 is 5.07. The molecule has 0 unspecified atom stereocenters. The molecule has 0 fully saturated rings. The van der Waals surface area contributed by atoms with Crippen molar-refractivity contribution < 1.29 is 4.74 Å². The molecule has 1 aromatic carbocycles. The van der Waals surface area contributed by atoms with Crippen LogP contribution in [0.1, 0.15) is 12.5 Å². The van der Waals surface area contributed by atoms with E-state index >= 15 is 0 Å². The van der Waals surface area contributed by atoms with E-state index in [1.165, 1.54) is 0 Å². The van der Waals surface area contributed by atoms with E-state index in [4.69, 9.17) is 16.2 Å². The molecule has 4 nitrogen and oxygen atoms in total. The summed E-state index contributed by atoms with van der Waals surface area (Å²) in [5, 5.41) is 3.08.